The Kier molecular flexibility index (Phi) is 5.58. The number of halogens is 1. The molecule has 0 spiro atoms. The Balaban J connectivity index is 2.04. The van der Waals surface area contributed by atoms with E-state index in [9.17, 15) is 0 Å². The van der Waals surface area contributed by atoms with Gasteiger partial charge in [0.05, 0.1) is 0 Å². The fourth-order valence-corrected chi connectivity index (χ4v) is 4.82. The van der Waals surface area contributed by atoms with E-state index in [1.54, 1.807) is 0 Å². The van der Waals surface area contributed by atoms with E-state index in [0.717, 1.165) is 5.92 Å². The van der Waals surface area contributed by atoms with Crippen molar-refractivity contribution in [1.82, 2.24) is 5.32 Å². The third kappa shape index (κ3) is 3.75. The average molecular weight is 328 g/mol. The van der Waals surface area contributed by atoms with Crippen molar-refractivity contribution >= 4 is 27.7 Å². The van der Waals surface area contributed by atoms with Crippen LogP contribution in [0.25, 0.3) is 0 Å². The Hall–Kier alpha value is 0.01000. The lowest BCUT2D eigenvalue weighted by molar-refractivity contribution is 0.304. The van der Waals surface area contributed by atoms with Crippen molar-refractivity contribution in [1.29, 1.82) is 0 Å². The van der Waals surface area contributed by atoms with Gasteiger partial charge in [-0.3, -0.25) is 0 Å². The van der Waals surface area contributed by atoms with Crippen molar-refractivity contribution in [2.24, 2.45) is 5.92 Å². The molecular formula is C15H22BrNS. The number of benzene rings is 1. The third-order valence-corrected chi connectivity index (χ3v) is 5.78. The molecule has 1 fully saturated rings. The zero-order chi connectivity index (χ0) is 13.0. The molecular weight excluding hydrogens is 306 g/mol. The summed E-state index contributed by atoms with van der Waals surface area (Å²) < 4.78 is 1.18. The van der Waals surface area contributed by atoms with E-state index >= 15 is 0 Å². The zero-order valence-corrected chi connectivity index (χ0v) is 13.6. The van der Waals surface area contributed by atoms with Crippen molar-refractivity contribution in [2.45, 2.75) is 48.8 Å². The minimum absolute atomic E-state index is 0.664. The second kappa shape index (κ2) is 6.97. The molecule has 3 heteroatoms. The van der Waals surface area contributed by atoms with E-state index in [-0.39, 0.29) is 0 Å². The molecule has 100 valence electrons. The maximum Gasteiger partial charge on any atom is 0.0250 e. The van der Waals surface area contributed by atoms with E-state index in [1.165, 1.54) is 35.1 Å². The van der Waals surface area contributed by atoms with Crippen LogP contribution in [0, 0.1) is 5.92 Å². The fourth-order valence-electron chi connectivity index (χ4n) is 2.76. The molecule has 1 aromatic rings. The first-order valence-corrected chi connectivity index (χ1v) is 8.49. The lowest BCUT2D eigenvalue weighted by Gasteiger charge is -2.35. The highest BCUT2D eigenvalue weighted by Crippen LogP contribution is 2.38. The summed E-state index contributed by atoms with van der Waals surface area (Å²) in [7, 11) is 2.10. The number of rotatable bonds is 4. The van der Waals surface area contributed by atoms with Gasteiger partial charge in [-0.25, -0.2) is 0 Å². The molecule has 3 atom stereocenters. The van der Waals surface area contributed by atoms with Gasteiger partial charge < -0.3 is 5.32 Å². The van der Waals surface area contributed by atoms with Gasteiger partial charge in [0.1, 0.15) is 0 Å². The monoisotopic (exact) mass is 327 g/mol. The second-order valence-corrected chi connectivity index (χ2v) is 7.32. The maximum atomic E-state index is 3.56. The summed E-state index contributed by atoms with van der Waals surface area (Å²) in [4.78, 5) is 1.38. The summed E-state index contributed by atoms with van der Waals surface area (Å²) >= 11 is 5.59. The first-order valence-electron chi connectivity index (χ1n) is 6.82. The van der Waals surface area contributed by atoms with Crippen LogP contribution in [0.4, 0.5) is 0 Å². The van der Waals surface area contributed by atoms with Gasteiger partial charge in [0, 0.05) is 20.7 Å². The smallest absolute Gasteiger partial charge is 0.0250 e. The second-order valence-electron chi connectivity index (χ2n) is 5.10. The highest BCUT2D eigenvalue weighted by atomic mass is 79.9. The van der Waals surface area contributed by atoms with Crippen molar-refractivity contribution in [3.8, 4) is 0 Å². The number of hydrogen-bond acceptors (Lipinski definition) is 2. The Morgan fingerprint density at radius 2 is 2.22 bits per heavy atom. The predicted molar refractivity (Wildman–Crippen MR) is 84.3 cm³/mol. The molecule has 1 aliphatic carbocycles. The van der Waals surface area contributed by atoms with Crippen LogP contribution >= 0.6 is 27.7 Å². The van der Waals surface area contributed by atoms with Gasteiger partial charge in [-0.2, -0.15) is 0 Å². The molecule has 0 saturated heterocycles. The molecule has 0 aliphatic heterocycles. The molecule has 1 saturated carbocycles. The van der Waals surface area contributed by atoms with Gasteiger partial charge in [-0.1, -0.05) is 35.3 Å². The largest absolute Gasteiger partial charge is 0.316 e. The summed E-state index contributed by atoms with van der Waals surface area (Å²) in [6, 6.07) is 9.33. The van der Waals surface area contributed by atoms with Crippen LogP contribution in [-0.2, 0) is 0 Å². The van der Waals surface area contributed by atoms with E-state index in [1.807, 2.05) is 11.8 Å². The minimum atomic E-state index is 0.664. The van der Waals surface area contributed by atoms with E-state index in [4.69, 9.17) is 0 Å². The molecule has 1 nitrogen and oxygen atoms in total. The van der Waals surface area contributed by atoms with Gasteiger partial charge in [0.2, 0.25) is 0 Å². The van der Waals surface area contributed by atoms with Crippen molar-refractivity contribution in [2.75, 3.05) is 7.05 Å². The number of thioether (sulfide) groups is 1. The molecule has 0 heterocycles. The van der Waals surface area contributed by atoms with Crippen LogP contribution in [0.2, 0.25) is 0 Å². The van der Waals surface area contributed by atoms with Crippen LogP contribution in [-0.4, -0.2) is 18.3 Å². The Morgan fingerprint density at radius 1 is 1.39 bits per heavy atom. The van der Waals surface area contributed by atoms with Crippen LogP contribution < -0.4 is 5.32 Å². The van der Waals surface area contributed by atoms with Crippen molar-refractivity contribution in [3.63, 3.8) is 0 Å². The minimum Gasteiger partial charge on any atom is -0.316 e. The summed E-state index contributed by atoms with van der Waals surface area (Å²) in [5.74, 6) is 0.916. The molecule has 1 aromatic carbocycles. The highest BCUT2D eigenvalue weighted by Gasteiger charge is 2.29. The lowest BCUT2D eigenvalue weighted by atomic mass is 9.84. The van der Waals surface area contributed by atoms with Gasteiger partial charge >= 0.3 is 0 Å². The summed E-state index contributed by atoms with van der Waals surface area (Å²) in [5.41, 5.74) is 0. The van der Waals surface area contributed by atoms with Crippen molar-refractivity contribution in [3.05, 3.63) is 28.7 Å². The Morgan fingerprint density at radius 3 is 2.89 bits per heavy atom. The maximum absolute atomic E-state index is 3.56. The zero-order valence-electron chi connectivity index (χ0n) is 11.2. The van der Waals surface area contributed by atoms with Crippen LogP contribution in [0.3, 0.4) is 0 Å². The Labute approximate surface area is 123 Å². The molecule has 0 aromatic heterocycles. The van der Waals surface area contributed by atoms with Gasteiger partial charge in [0.25, 0.3) is 0 Å². The first-order chi connectivity index (χ1) is 8.72. The first kappa shape index (κ1) is 14.4. The lowest BCUT2D eigenvalue weighted by Crippen LogP contribution is -2.40. The third-order valence-electron chi connectivity index (χ3n) is 3.93. The normalized spacial score (nSPS) is 28.3. The molecule has 2 rings (SSSR count). The van der Waals surface area contributed by atoms with Crippen LogP contribution in [0.15, 0.2) is 33.6 Å². The standard InChI is InChI=1S/C15H22BrNS/c1-3-11-7-8-14(17-2)15(9-11)18-13-6-4-5-12(16)10-13/h4-6,10-11,14-15,17H,3,7-9H2,1-2H3. The molecule has 18 heavy (non-hydrogen) atoms. The fraction of sp³-hybridized carbons (Fsp3) is 0.600. The molecule has 0 amide bonds. The molecule has 1 N–H and O–H groups in total. The van der Waals surface area contributed by atoms with Gasteiger partial charge in [-0.05, 0) is 50.4 Å². The topological polar surface area (TPSA) is 12.0 Å². The number of hydrogen-bond donors (Lipinski definition) is 1. The van der Waals surface area contributed by atoms with E-state index < -0.39 is 0 Å². The van der Waals surface area contributed by atoms with Crippen LogP contribution in [0.1, 0.15) is 32.6 Å². The van der Waals surface area contributed by atoms with E-state index in [2.05, 4.69) is 59.5 Å². The molecule has 0 bridgehead atoms. The summed E-state index contributed by atoms with van der Waals surface area (Å²) in [6.07, 6.45) is 5.38. The summed E-state index contributed by atoms with van der Waals surface area (Å²) in [6.45, 7) is 2.32. The quantitative estimate of drug-likeness (QED) is 0.859. The Bertz CT molecular complexity index is 383. The van der Waals surface area contributed by atoms with Crippen molar-refractivity contribution < 1.29 is 0 Å². The summed E-state index contributed by atoms with van der Waals surface area (Å²) in [5, 5.41) is 4.21. The highest BCUT2D eigenvalue weighted by molar-refractivity contribution is 9.10. The van der Waals surface area contributed by atoms with Gasteiger partial charge in [0.15, 0.2) is 0 Å². The van der Waals surface area contributed by atoms with E-state index in [0.29, 0.717) is 11.3 Å². The van der Waals surface area contributed by atoms with Crippen LogP contribution in [0.5, 0.6) is 0 Å². The SMILES string of the molecule is CCC1CCC(NC)C(Sc2cccc(Br)c2)C1. The number of nitrogens with one attached hydrogen (secondary N) is 1. The predicted octanol–water partition coefficient (Wildman–Crippen LogP) is 4.71. The molecule has 1 aliphatic rings. The molecule has 0 radical (unpaired) electrons. The average Bonchev–Trinajstić information content (AvgIpc) is 2.38. The molecule has 3 unspecified atom stereocenters. The van der Waals surface area contributed by atoms with Gasteiger partial charge in [-0.15, -0.1) is 11.8 Å².